The quantitative estimate of drug-likeness (QED) is 0.238. The molecule has 1 aromatic carbocycles. The van der Waals surface area contributed by atoms with Gasteiger partial charge in [-0.3, -0.25) is 0 Å². The summed E-state index contributed by atoms with van der Waals surface area (Å²) < 4.78 is 10.4. The van der Waals surface area contributed by atoms with Crippen molar-refractivity contribution >= 4 is 5.97 Å². The monoisotopic (exact) mass is 424 g/mol. The third-order valence-electron chi connectivity index (χ3n) is 5.13. The highest BCUT2D eigenvalue weighted by atomic mass is 16.5. The normalized spacial score (nSPS) is 12.5. The first-order valence-electron chi connectivity index (χ1n) is 11.2. The molecule has 3 heteroatoms. The summed E-state index contributed by atoms with van der Waals surface area (Å²) in [4.78, 5) is 12.1. The molecule has 1 rings (SSSR count). The van der Waals surface area contributed by atoms with E-state index in [2.05, 4.69) is 52.8 Å². The van der Waals surface area contributed by atoms with Gasteiger partial charge in [0, 0.05) is 0 Å². The van der Waals surface area contributed by atoms with E-state index in [-0.39, 0.29) is 5.97 Å². The molecule has 0 saturated carbocycles. The van der Waals surface area contributed by atoms with Crippen LogP contribution in [0, 0.1) is 0 Å². The molecule has 170 valence electrons. The molecule has 0 aliphatic rings. The Morgan fingerprint density at radius 2 is 1.23 bits per heavy atom. The molecule has 31 heavy (non-hydrogen) atoms. The zero-order valence-electron chi connectivity index (χ0n) is 20.3. The summed E-state index contributed by atoms with van der Waals surface area (Å²) in [7, 11) is 1.60. The van der Waals surface area contributed by atoms with Crippen molar-refractivity contribution in [3.05, 3.63) is 76.4 Å². The van der Waals surface area contributed by atoms with Gasteiger partial charge >= 0.3 is 5.97 Å². The Bertz CT molecular complexity index is 788. The van der Waals surface area contributed by atoms with E-state index in [9.17, 15) is 4.79 Å². The van der Waals surface area contributed by atoms with Gasteiger partial charge in [-0.05, 0) is 103 Å². The second kappa shape index (κ2) is 15.3. The van der Waals surface area contributed by atoms with Crippen LogP contribution in [0.3, 0.4) is 0 Å². The fourth-order valence-corrected chi connectivity index (χ4v) is 3.06. The Hall–Kier alpha value is -2.55. The van der Waals surface area contributed by atoms with Crippen molar-refractivity contribution in [3.8, 4) is 5.75 Å². The molecule has 0 heterocycles. The average Bonchev–Trinajstić information content (AvgIpc) is 2.73. The van der Waals surface area contributed by atoms with Crippen LogP contribution in [0.25, 0.3) is 0 Å². The van der Waals surface area contributed by atoms with Gasteiger partial charge in [0.05, 0.1) is 12.7 Å². The Morgan fingerprint density at radius 3 is 1.71 bits per heavy atom. The fraction of sp³-hybridized carbons (Fsp3) is 0.464. The van der Waals surface area contributed by atoms with Crippen LogP contribution in [0.5, 0.6) is 5.75 Å². The summed E-state index contributed by atoms with van der Waals surface area (Å²) >= 11 is 0. The molecule has 0 radical (unpaired) electrons. The molecule has 0 atom stereocenters. The molecule has 0 saturated heterocycles. The smallest absolute Gasteiger partial charge is 0.338 e. The summed E-state index contributed by atoms with van der Waals surface area (Å²) in [6.45, 7) is 11.1. The average molecular weight is 425 g/mol. The third-order valence-corrected chi connectivity index (χ3v) is 5.13. The SMILES string of the molecule is COc1ccc(C(=O)OC/C=C(\C)CCC=C(C)CC/C=C(\C)CCC=C(C)C)cc1. The van der Waals surface area contributed by atoms with Crippen molar-refractivity contribution in [1.82, 2.24) is 0 Å². The van der Waals surface area contributed by atoms with E-state index in [4.69, 9.17) is 9.47 Å². The first kappa shape index (κ1) is 26.5. The highest BCUT2D eigenvalue weighted by Gasteiger charge is 2.06. The predicted molar refractivity (Wildman–Crippen MR) is 132 cm³/mol. The summed E-state index contributed by atoms with van der Waals surface area (Å²) in [5.74, 6) is 0.410. The van der Waals surface area contributed by atoms with Crippen molar-refractivity contribution in [2.45, 2.75) is 73.1 Å². The van der Waals surface area contributed by atoms with Crippen LogP contribution >= 0.6 is 0 Å². The van der Waals surface area contributed by atoms with Gasteiger partial charge in [0.15, 0.2) is 0 Å². The van der Waals surface area contributed by atoms with Crippen LogP contribution in [0.4, 0.5) is 0 Å². The molecule has 0 N–H and O–H groups in total. The van der Waals surface area contributed by atoms with E-state index < -0.39 is 0 Å². The number of esters is 1. The minimum absolute atomic E-state index is 0.302. The minimum Gasteiger partial charge on any atom is -0.497 e. The van der Waals surface area contributed by atoms with Crippen molar-refractivity contribution in [1.29, 1.82) is 0 Å². The lowest BCUT2D eigenvalue weighted by atomic mass is 10.0. The second-order valence-corrected chi connectivity index (χ2v) is 8.38. The van der Waals surface area contributed by atoms with Gasteiger partial charge in [0.2, 0.25) is 0 Å². The largest absolute Gasteiger partial charge is 0.497 e. The molecule has 0 fully saturated rings. The second-order valence-electron chi connectivity index (χ2n) is 8.38. The van der Waals surface area contributed by atoms with Crippen LogP contribution < -0.4 is 4.74 Å². The molecular weight excluding hydrogens is 384 g/mol. The Kier molecular flexibility index (Phi) is 13.1. The van der Waals surface area contributed by atoms with E-state index in [0.29, 0.717) is 12.2 Å². The maximum Gasteiger partial charge on any atom is 0.338 e. The van der Waals surface area contributed by atoms with E-state index in [1.54, 1.807) is 31.4 Å². The predicted octanol–water partition coefficient (Wildman–Crippen LogP) is 8.00. The van der Waals surface area contributed by atoms with Crippen LogP contribution in [0.1, 0.15) is 83.5 Å². The van der Waals surface area contributed by atoms with Crippen LogP contribution in [-0.2, 0) is 4.74 Å². The van der Waals surface area contributed by atoms with E-state index in [0.717, 1.165) is 44.3 Å². The maximum atomic E-state index is 12.1. The number of methoxy groups -OCH3 is 1. The molecule has 0 aliphatic carbocycles. The van der Waals surface area contributed by atoms with Gasteiger partial charge in [-0.2, -0.15) is 0 Å². The molecular formula is C28H40O3. The number of allylic oxidation sites excluding steroid dienone is 7. The number of benzene rings is 1. The van der Waals surface area contributed by atoms with Crippen molar-refractivity contribution in [2.75, 3.05) is 13.7 Å². The highest BCUT2D eigenvalue weighted by molar-refractivity contribution is 5.89. The fourth-order valence-electron chi connectivity index (χ4n) is 3.06. The summed E-state index contributed by atoms with van der Waals surface area (Å²) in [5.41, 5.74) is 6.08. The zero-order chi connectivity index (χ0) is 23.1. The van der Waals surface area contributed by atoms with E-state index >= 15 is 0 Å². The molecule has 0 unspecified atom stereocenters. The highest BCUT2D eigenvalue weighted by Crippen LogP contribution is 2.14. The van der Waals surface area contributed by atoms with Crippen molar-refractivity contribution in [3.63, 3.8) is 0 Å². The lowest BCUT2D eigenvalue weighted by Crippen LogP contribution is -2.05. The van der Waals surface area contributed by atoms with Gasteiger partial charge in [-0.1, -0.05) is 40.5 Å². The molecule has 0 aromatic heterocycles. The number of carbonyl (C=O) groups excluding carboxylic acids is 1. The van der Waals surface area contributed by atoms with E-state index in [1.807, 2.05) is 6.08 Å². The Morgan fingerprint density at radius 1 is 0.742 bits per heavy atom. The topological polar surface area (TPSA) is 35.5 Å². The van der Waals surface area contributed by atoms with Gasteiger partial charge in [-0.25, -0.2) is 4.79 Å². The van der Waals surface area contributed by atoms with Gasteiger partial charge in [0.1, 0.15) is 12.4 Å². The minimum atomic E-state index is -0.313. The molecule has 0 amide bonds. The van der Waals surface area contributed by atoms with Crippen LogP contribution in [0.15, 0.2) is 70.9 Å². The molecule has 1 aromatic rings. The van der Waals surface area contributed by atoms with Crippen LogP contribution in [0.2, 0.25) is 0 Å². The molecule has 3 nitrogen and oxygen atoms in total. The summed E-state index contributed by atoms with van der Waals surface area (Å²) in [6, 6.07) is 6.94. The van der Waals surface area contributed by atoms with Gasteiger partial charge < -0.3 is 9.47 Å². The lowest BCUT2D eigenvalue weighted by molar-refractivity contribution is 0.0549. The summed E-state index contributed by atoms with van der Waals surface area (Å²) in [5, 5.41) is 0. The first-order valence-corrected chi connectivity index (χ1v) is 11.2. The van der Waals surface area contributed by atoms with Gasteiger partial charge in [0.25, 0.3) is 0 Å². The summed E-state index contributed by atoms with van der Waals surface area (Å²) in [6.07, 6.45) is 15.5. The van der Waals surface area contributed by atoms with Crippen molar-refractivity contribution in [2.24, 2.45) is 0 Å². The standard InChI is InChI=1S/C28H40O3/c1-22(2)10-7-11-23(3)12-8-13-24(4)14-9-15-25(5)20-21-31-28(29)26-16-18-27(30-6)19-17-26/h10,12,14,16-20H,7-9,11,13,15,21H2,1-6H3/b23-12+,24-14?,25-20+. The molecule has 0 bridgehead atoms. The van der Waals surface area contributed by atoms with Gasteiger partial charge in [-0.15, -0.1) is 0 Å². The van der Waals surface area contributed by atoms with Crippen LogP contribution in [-0.4, -0.2) is 19.7 Å². The van der Waals surface area contributed by atoms with E-state index in [1.165, 1.54) is 22.3 Å². The Labute approximate surface area is 189 Å². The molecule has 0 aliphatic heterocycles. The number of rotatable bonds is 13. The zero-order valence-corrected chi connectivity index (χ0v) is 20.3. The maximum absolute atomic E-state index is 12.1. The Balaban J connectivity index is 2.28. The third kappa shape index (κ3) is 12.7. The van der Waals surface area contributed by atoms with Crippen molar-refractivity contribution < 1.29 is 14.3 Å². The number of hydrogen-bond donors (Lipinski definition) is 0. The first-order chi connectivity index (χ1) is 14.8. The lowest BCUT2D eigenvalue weighted by Gasteiger charge is -2.05. The number of carbonyl (C=O) groups is 1. The number of hydrogen-bond acceptors (Lipinski definition) is 3. The number of ether oxygens (including phenoxy) is 2. The molecule has 0 spiro atoms.